The Morgan fingerprint density at radius 2 is 1.52 bits per heavy atom. The molecular weight excluding hydrogens is 260 g/mol. The van der Waals surface area contributed by atoms with Crippen molar-refractivity contribution in [1.29, 1.82) is 0 Å². The summed E-state index contributed by atoms with van der Waals surface area (Å²) in [6.45, 7) is 1.59. The van der Waals surface area contributed by atoms with Gasteiger partial charge in [0.15, 0.2) is 0 Å². The Bertz CT molecular complexity index is 624. The fourth-order valence-corrected chi connectivity index (χ4v) is 2.89. The number of hydrogen-bond donors (Lipinski definition) is 1. The summed E-state index contributed by atoms with van der Waals surface area (Å²) in [4.78, 5) is 14.5. The molecule has 0 saturated carbocycles. The molecule has 0 saturated heterocycles. The monoisotopic (exact) mass is 280 g/mol. The zero-order valence-corrected chi connectivity index (χ0v) is 12.1. The van der Waals surface area contributed by atoms with Crippen molar-refractivity contribution in [3.05, 3.63) is 65.2 Å². The zero-order valence-electron chi connectivity index (χ0n) is 12.1. The molecule has 21 heavy (non-hydrogen) atoms. The number of carbonyl (C=O) groups excluding carboxylic acids is 1. The molecule has 0 atom stereocenters. The molecule has 0 radical (unpaired) electrons. The first kappa shape index (κ1) is 13.7. The van der Waals surface area contributed by atoms with E-state index in [1.165, 1.54) is 11.1 Å². The summed E-state index contributed by atoms with van der Waals surface area (Å²) in [5.74, 6) is 0.167. The number of nitrogen functional groups attached to an aromatic ring is 1. The van der Waals surface area contributed by atoms with Gasteiger partial charge in [-0.05, 0) is 35.6 Å². The van der Waals surface area contributed by atoms with Gasteiger partial charge in [-0.15, -0.1) is 0 Å². The molecule has 1 aliphatic heterocycles. The number of para-hydroxylation sites is 1. The topological polar surface area (TPSA) is 46.3 Å². The predicted octanol–water partition coefficient (Wildman–Crippen LogP) is 2.44. The lowest BCUT2D eigenvalue weighted by molar-refractivity contribution is -0.130. The fourth-order valence-electron chi connectivity index (χ4n) is 2.89. The van der Waals surface area contributed by atoms with E-state index in [9.17, 15) is 4.79 Å². The van der Waals surface area contributed by atoms with Crippen LogP contribution in [-0.4, -0.2) is 23.9 Å². The van der Waals surface area contributed by atoms with Crippen molar-refractivity contribution in [2.45, 2.75) is 19.3 Å². The van der Waals surface area contributed by atoms with Gasteiger partial charge in [0.2, 0.25) is 5.91 Å². The van der Waals surface area contributed by atoms with Crippen LogP contribution in [0.1, 0.15) is 16.7 Å². The van der Waals surface area contributed by atoms with Gasteiger partial charge < -0.3 is 10.6 Å². The number of nitrogens with zero attached hydrogens (tertiary/aromatic N) is 1. The minimum absolute atomic E-state index is 0.167. The number of anilines is 1. The highest BCUT2D eigenvalue weighted by atomic mass is 16.2. The molecule has 0 aromatic heterocycles. The Morgan fingerprint density at radius 3 is 2.14 bits per heavy atom. The van der Waals surface area contributed by atoms with Crippen LogP contribution in [0.5, 0.6) is 0 Å². The van der Waals surface area contributed by atoms with Gasteiger partial charge in [0.05, 0.1) is 6.42 Å². The quantitative estimate of drug-likeness (QED) is 0.859. The third-order valence-electron chi connectivity index (χ3n) is 4.17. The lowest BCUT2D eigenvalue weighted by atomic mass is 10.0. The first-order chi connectivity index (χ1) is 10.2. The van der Waals surface area contributed by atoms with Crippen LogP contribution in [0, 0.1) is 0 Å². The average Bonchev–Trinajstić information content (AvgIpc) is 2.72. The van der Waals surface area contributed by atoms with Crippen molar-refractivity contribution in [3.63, 3.8) is 0 Å². The molecular formula is C18H20N2O. The van der Waals surface area contributed by atoms with Crippen molar-refractivity contribution < 1.29 is 4.79 Å². The van der Waals surface area contributed by atoms with E-state index in [1.807, 2.05) is 29.2 Å². The molecule has 0 bridgehead atoms. The molecule has 0 aliphatic carbocycles. The predicted molar refractivity (Wildman–Crippen MR) is 85.0 cm³/mol. The molecule has 2 aromatic rings. The highest BCUT2D eigenvalue weighted by Crippen LogP contribution is 2.17. The summed E-state index contributed by atoms with van der Waals surface area (Å²) in [6, 6.07) is 16.1. The molecule has 2 aromatic carbocycles. The molecule has 2 N–H and O–H groups in total. The van der Waals surface area contributed by atoms with Crippen molar-refractivity contribution in [1.82, 2.24) is 4.90 Å². The zero-order chi connectivity index (χ0) is 14.7. The molecule has 108 valence electrons. The molecule has 3 heteroatoms. The Labute approximate surface area is 125 Å². The van der Waals surface area contributed by atoms with Crippen LogP contribution in [0.4, 0.5) is 5.69 Å². The minimum Gasteiger partial charge on any atom is -0.398 e. The second-order valence-corrected chi connectivity index (χ2v) is 5.53. The third-order valence-corrected chi connectivity index (χ3v) is 4.17. The SMILES string of the molecule is Nc1ccccc1CC(=O)N1CCc2ccccc2CC1. The summed E-state index contributed by atoms with van der Waals surface area (Å²) < 4.78 is 0. The maximum absolute atomic E-state index is 12.5. The van der Waals surface area contributed by atoms with Crippen LogP contribution in [0.3, 0.4) is 0 Å². The lowest BCUT2D eigenvalue weighted by Gasteiger charge is -2.20. The van der Waals surface area contributed by atoms with Crippen LogP contribution in [0.15, 0.2) is 48.5 Å². The smallest absolute Gasteiger partial charge is 0.227 e. The van der Waals surface area contributed by atoms with Gasteiger partial charge in [-0.2, -0.15) is 0 Å². The van der Waals surface area contributed by atoms with Gasteiger partial charge in [-0.25, -0.2) is 0 Å². The van der Waals surface area contributed by atoms with E-state index in [-0.39, 0.29) is 5.91 Å². The van der Waals surface area contributed by atoms with E-state index < -0.39 is 0 Å². The fraction of sp³-hybridized carbons (Fsp3) is 0.278. The molecule has 0 unspecified atom stereocenters. The highest BCUT2D eigenvalue weighted by molar-refractivity contribution is 5.80. The second kappa shape index (κ2) is 6.00. The first-order valence-corrected chi connectivity index (χ1v) is 7.42. The van der Waals surface area contributed by atoms with E-state index in [4.69, 9.17) is 5.73 Å². The van der Waals surface area contributed by atoms with Crippen molar-refractivity contribution in [2.24, 2.45) is 0 Å². The van der Waals surface area contributed by atoms with Crippen molar-refractivity contribution in [3.8, 4) is 0 Å². The van der Waals surface area contributed by atoms with E-state index in [2.05, 4.69) is 24.3 Å². The molecule has 0 fully saturated rings. The summed E-state index contributed by atoms with van der Waals surface area (Å²) in [7, 11) is 0. The van der Waals surface area contributed by atoms with Crippen LogP contribution in [0.2, 0.25) is 0 Å². The number of fused-ring (bicyclic) bond motifs is 1. The van der Waals surface area contributed by atoms with Crippen LogP contribution in [0.25, 0.3) is 0 Å². The van der Waals surface area contributed by atoms with Crippen molar-refractivity contribution in [2.75, 3.05) is 18.8 Å². The average molecular weight is 280 g/mol. The summed E-state index contributed by atoms with van der Waals surface area (Å²) in [5.41, 5.74) is 10.3. The molecule has 1 heterocycles. The Hall–Kier alpha value is -2.29. The van der Waals surface area contributed by atoms with Gasteiger partial charge in [0.25, 0.3) is 0 Å². The second-order valence-electron chi connectivity index (χ2n) is 5.53. The Balaban J connectivity index is 1.68. The number of amides is 1. The number of carbonyl (C=O) groups is 1. The minimum atomic E-state index is 0.167. The number of nitrogens with two attached hydrogens (primary N) is 1. The highest BCUT2D eigenvalue weighted by Gasteiger charge is 2.18. The van der Waals surface area contributed by atoms with E-state index in [0.717, 1.165) is 31.5 Å². The standard InChI is InChI=1S/C18H20N2O/c19-17-8-4-3-7-16(17)13-18(21)20-11-9-14-5-1-2-6-15(14)10-12-20/h1-8H,9-13,19H2. The maximum Gasteiger partial charge on any atom is 0.227 e. The van der Waals surface area contributed by atoms with Crippen LogP contribution < -0.4 is 5.73 Å². The third kappa shape index (κ3) is 3.07. The molecule has 1 aliphatic rings. The lowest BCUT2D eigenvalue weighted by Crippen LogP contribution is -2.34. The summed E-state index contributed by atoms with van der Waals surface area (Å²) in [6.07, 6.45) is 2.27. The van der Waals surface area contributed by atoms with Gasteiger partial charge in [-0.3, -0.25) is 4.79 Å². The largest absolute Gasteiger partial charge is 0.398 e. The normalized spacial score (nSPS) is 14.4. The molecule has 1 amide bonds. The van der Waals surface area contributed by atoms with Crippen LogP contribution in [-0.2, 0) is 24.1 Å². The van der Waals surface area contributed by atoms with Gasteiger partial charge in [0, 0.05) is 18.8 Å². The Kier molecular flexibility index (Phi) is 3.91. The number of hydrogen-bond acceptors (Lipinski definition) is 2. The van der Waals surface area contributed by atoms with E-state index in [0.29, 0.717) is 12.1 Å². The number of rotatable bonds is 2. The first-order valence-electron chi connectivity index (χ1n) is 7.42. The molecule has 3 rings (SSSR count). The maximum atomic E-state index is 12.5. The Morgan fingerprint density at radius 1 is 0.952 bits per heavy atom. The van der Waals surface area contributed by atoms with E-state index >= 15 is 0 Å². The van der Waals surface area contributed by atoms with Crippen molar-refractivity contribution >= 4 is 11.6 Å². The van der Waals surface area contributed by atoms with Gasteiger partial charge in [-0.1, -0.05) is 42.5 Å². The molecule has 0 spiro atoms. The van der Waals surface area contributed by atoms with Gasteiger partial charge >= 0.3 is 0 Å². The summed E-state index contributed by atoms with van der Waals surface area (Å²) >= 11 is 0. The molecule has 3 nitrogen and oxygen atoms in total. The van der Waals surface area contributed by atoms with Crippen LogP contribution >= 0.6 is 0 Å². The van der Waals surface area contributed by atoms with Gasteiger partial charge in [0.1, 0.15) is 0 Å². The van der Waals surface area contributed by atoms with E-state index in [1.54, 1.807) is 0 Å². The number of benzene rings is 2. The summed E-state index contributed by atoms with van der Waals surface area (Å²) in [5, 5.41) is 0.